The number of pyridine rings is 1. The van der Waals surface area contributed by atoms with Gasteiger partial charge in [0, 0.05) is 22.8 Å². The molecule has 0 aliphatic rings. The van der Waals surface area contributed by atoms with Gasteiger partial charge in [-0.05, 0) is 80.1 Å². The Morgan fingerprint density at radius 1 is 0.974 bits per heavy atom. The summed E-state index contributed by atoms with van der Waals surface area (Å²) in [6, 6.07) is 18.6. The lowest BCUT2D eigenvalue weighted by Crippen LogP contribution is -2.29. The number of aryl methyl sites for hydroxylation is 2. The summed E-state index contributed by atoms with van der Waals surface area (Å²) >= 11 is 12.2. The molecule has 0 fully saturated rings. The van der Waals surface area contributed by atoms with Crippen LogP contribution < -0.4 is 20.3 Å². The molecule has 4 rings (SSSR count). The van der Waals surface area contributed by atoms with Crippen molar-refractivity contribution in [1.82, 2.24) is 10.3 Å². The van der Waals surface area contributed by atoms with E-state index in [1.165, 1.54) is 42.5 Å². The molecule has 11 heteroatoms. The number of aromatic nitrogens is 1. The number of para-hydroxylation sites is 1. The van der Waals surface area contributed by atoms with Crippen LogP contribution >= 0.6 is 23.2 Å². The fourth-order valence-electron chi connectivity index (χ4n) is 3.70. The smallest absolute Gasteiger partial charge is 0.261 e. The van der Waals surface area contributed by atoms with Gasteiger partial charge in [-0.15, -0.1) is 0 Å². The Morgan fingerprint density at radius 2 is 1.68 bits per heavy atom. The van der Waals surface area contributed by atoms with Crippen LogP contribution in [0.1, 0.15) is 27.2 Å². The summed E-state index contributed by atoms with van der Waals surface area (Å²) in [6.07, 6.45) is 0. The number of sulfonamides is 1. The van der Waals surface area contributed by atoms with E-state index in [0.29, 0.717) is 27.8 Å². The lowest BCUT2D eigenvalue weighted by Gasteiger charge is -2.14. The average Bonchev–Trinajstić information content (AvgIpc) is 2.86. The third-order valence-corrected chi connectivity index (χ3v) is 7.52. The van der Waals surface area contributed by atoms with Crippen LogP contribution in [0.4, 0.5) is 5.69 Å². The van der Waals surface area contributed by atoms with Crippen LogP contribution in [0.2, 0.25) is 10.0 Å². The van der Waals surface area contributed by atoms with Crippen LogP contribution in [0.15, 0.2) is 82.5 Å². The number of nitrogens with one attached hydrogen (secondary N) is 3. The Kier molecular flexibility index (Phi) is 8.11. The number of hydrogen-bond acceptors (Lipinski definition) is 5. The summed E-state index contributed by atoms with van der Waals surface area (Å²) in [5.74, 6) is 0.223. The molecule has 3 aromatic carbocycles. The van der Waals surface area contributed by atoms with E-state index in [9.17, 15) is 18.0 Å². The number of carbonyl (C=O) groups is 1. The van der Waals surface area contributed by atoms with Gasteiger partial charge in [-0.25, -0.2) is 8.42 Å². The SMILES string of the molecule is Cc1cc(C)c(CNC(=O)c2cc(Cl)ccc2NS(=O)(=O)c2ccc(Oc3ccccc3Cl)cc2)c(=O)[nH]1. The standard InChI is InChI=1S/C27H23Cl2N3O5S/c1-16-13-17(2)31-27(34)22(16)15-30-26(33)21-14-18(28)7-12-24(21)32-38(35,36)20-10-8-19(9-11-20)37-25-6-4-3-5-23(25)29/h3-14,32H,15H2,1-2H3,(H,30,33)(H,31,34). The van der Waals surface area contributed by atoms with E-state index in [0.717, 1.165) is 5.56 Å². The number of ether oxygens (including phenoxy) is 1. The van der Waals surface area contributed by atoms with Gasteiger partial charge in [0.15, 0.2) is 0 Å². The van der Waals surface area contributed by atoms with Crippen LogP contribution in [0, 0.1) is 13.8 Å². The molecule has 1 heterocycles. The van der Waals surface area contributed by atoms with Crippen molar-refractivity contribution < 1.29 is 17.9 Å². The zero-order valence-corrected chi connectivity index (χ0v) is 22.7. The van der Waals surface area contributed by atoms with Gasteiger partial charge in [0.2, 0.25) is 0 Å². The lowest BCUT2D eigenvalue weighted by molar-refractivity contribution is 0.0951. The van der Waals surface area contributed by atoms with Gasteiger partial charge in [0.05, 0.1) is 21.2 Å². The molecule has 0 saturated carbocycles. The molecule has 38 heavy (non-hydrogen) atoms. The highest BCUT2D eigenvalue weighted by Crippen LogP contribution is 2.30. The summed E-state index contributed by atoms with van der Waals surface area (Å²) < 4.78 is 34.4. The second kappa shape index (κ2) is 11.3. The van der Waals surface area contributed by atoms with Gasteiger partial charge in [-0.2, -0.15) is 0 Å². The number of carbonyl (C=O) groups excluding carboxylic acids is 1. The number of benzene rings is 3. The summed E-state index contributed by atoms with van der Waals surface area (Å²) in [5, 5.41) is 3.32. The maximum Gasteiger partial charge on any atom is 0.261 e. The largest absolute Gasteiger partial charge is 0.456 e. The molecule has 0 aliphatic heterocycles. The van der Waals surface area contributed by atoms with Crippen molar-refractivity contribution in [2.75, 3.05) is 4.72 Å². The summed E-state index contributed by atoms with van der Waals surface area (Å²) in [5.41, 5.74) is 1.54. The minimum Gasteiger partial charge on any atom is -0.456 e. The Morgan fingerprint density at radius 3 is 2.37 bits per heavy atom. The Hall–Kier alpha value is -3.79. The molecule has 0 radical (unpaired) electrons. The van der Waals surface area contributed by atoms with Gasteiger partial charge in [0.25, 0.3) is 21.5 Å². The highest BCUT2D eigenvalue weighted by molar-refractivity contribution is 7.92. The van der Waals surface area contributed by atoms with Crippen molar-refractivity contribution in [1.29, 1.82) is 0 Å². The molecule has 1 aromatic heterocycles. The minimum atomic E-state index is -4.07. The fraction of sp³-hybridized carbons (Fsp3) is 0.111. The summed E-state index contributed by atoms with van der Waals surface area (Å²) in [7, 11) is -4.07. The number of anilines is 1. The second-order valence-corrected chi connectivity index (χ2v) is 11.0. The number of aromatic amines is 1. The average molecular weight is 572 g/mol. The van der Waals surface area contributed by atoms with Crippen molar-refractivity contribution in [3.05, 3.63) is 116 Å². The molecule has 0 aliphatic carbocycles. The fourth-order valence-corrected chi connectivity index (χ4v) is 5.13. The molecule has 0 saturated heterocycles. The van der Waals surface area contributed by atoms with Crippen molar-refractivity contribution in [3.63, 3.8) is 0 Å². The summed E-state index contributed by atoms with van der Waals surface area (Å²) in [4.78, 5) is 27.9. The van der Waals surface area contributed by atoms with E-state index < -0.39 is 15.9 Å². The molecule has 8 nitrogen and oxygen atoms in total. The van der Waals surface area contributed by atoms with Gasteiger partial charge in [-0.1, -0.05) is 35.3 Å². The van der Waals surface area contributed by atoms with Crippen LogP contribution in [-0.4, -0.2) is 19.3 Å². The zero-order valence-electron chi connectivity index (χ0n) is 20.3. The first-order chi connectivity index (χ1) is 18.0. The first-order valence-corrected chi connectivity index (χ1v) is 13.6. The third-order valence-electron chi connectivity index (χ3n) is 5.59. The molecular formula is C27H23Cl2N3O5S. The quantitative estimate of drug-likeness (QED) is 0.246. The maximum atomic E-state index is 13.1. The normalized spacial score (nSPS) is 11.2. The molecular weight excluding hydrogens is 549 g/mol. The molecule has 1 amide bonds. The van der Waals surface area contributed by atoms with Gasteiger partial charge in [0.1, 0.15) is 11.5 Å². The maximum absolute atomic E-state index is 13.1. The lowest BCUT2D eigenvalue weighted by atomic mass is 10.1. The predicted molar refractivity (Wildman–Crippen MR) is 148 cm³/mol. The van der Waals surface area contributed by atoms with Crippen molar-refractivity contribution in [2.24, 2.45) is 0 Å². The Bertz CT molecular complexity index is 1670. The highest BCUT2D eigenvalue weighted by atomic mass is 35.5. The Labute approximate surface area is 229 Å². The molecule has 4 aromatic rings. The minimum absolute atomic E-state index is 0.000872. The number of amides is 1. The van der Waals surface area contributed by atoms with Crippen molar-refractivity contribution >= 4 is 44.8 Å². The van der Waals surface area contributed by atoms with E-state index in [1.54, 1.807) is 44.2 Å². The van der Waals surface area contributed by atoms with Gasteiger partial charge < -0.3 is 15.0 Å². The molecule has 196 valence electrons. The van der Waals surface area contributed by atoms with E-state index in [-0.39, 0.29) is 33.3 Å². The molecule has 3 N–H and O–H groups in total. The monoisotopic (exact) mass is 571 g/mol. The van der Waals surface area contributed by atoms with Crippen LogP contribution in [-0.2, 0) is 16.6 Å². The molecule has 0 spiro atoms. The number of rotatable bonds is 8. The van der Waals surface area contributed by atoms with E-state index >= 15 is 0 Å². The molecule has 0 atom stereocenters. The van der Waals surface area contributed by atoms with Gasteiger partial charge >= 0.3 is 0 Å². The van der Waals surface area contributed by atoms with E-state index in [1.807, 2.05) is 0 Å². The number of hydrogen-bond donors (Lipinski definition) is 3. The van der Waals surface area contributed by atoms with Crippen LogP contribution in [0.3, 0.4) is 0 Å². The van der Waals surface area contributed by atoms with E-state index in [2.05, 4.69) is 15.0 Å². The zero-order chi connectivity index (χ0) is 27.4. The molecule has 0 bridgehead atoms. The van der Waals surface area contributed by atoms with Crippen molar-refractivity contribution in [2.45, 2.75) is 25.3 Å². The summed E-state index contributed by atoms with van der Waals surface area (Å²) in [6.45, 7) is 3.49. The van der Waals surface area contributed by atoms with Crippen LogP contribution in [0.5, 0.6) is 11.5 Å². The molecule has 0 unspecified atom stereocenters. The second-order valence-electron chi connectivity index (χ2n) is 8.43. The van der Waals surface area contributed by atoms with E-state index in [4.69, 9.17) is 27.9 Å². The van der Waals surface area contributed by atoms with Crippen molar-refractivity contribution in [3.8, 4) is 11.5 Å². The highest BCUT2D eigenvalue weighted by Gasteiger charge is 2.20. The van der Waals surface area contributed by atoms with Gasteiger partial charge in [-0.3, -0.25) is 14.3 Å². The number of H-pyrrole nitrogens is 1. The topological polar surface area (TPSA) is 117 Å². The first-order valence-electron chi connectivity index (χ1n) is 11.4. The number of halogens is 2. The Balaban J connectivity index is 1.52. The van der Waals surface area contributed by atoms with Crippen LogP contribution in [0.25, 0.3) is 0 Å². The first kappa shape index (κ1) is 27.3. The third kappa shape index (κ3) is 6.36. The predicted octanol–water partition coefficient (Wildman–Crippen LogP) is 5.82.